The van der Waals surface area contributed by atoms with Gasteiger partial charge in [0.2, 0.25) is 5.91 Å². The summed E-state index contributed by atoms with van der Waals surface area (Å²) in [5.74, 6) is -0.282. The zero-order valence-corrected chi connectivity index (χ0v) is 15.0. The fraction of sp³-hybridized carbons (Fsp3) is 0.316. The summed E-state index contributed by atoms with van der Waals surface area (Å²) in [6, 6.07) is 8.12. The van der Waals surface area contributed by atoms with E-state index in [9.17, 15) is 13.6 Å². The molecular formula is C19H21F2N3O3. The summed E-state index contributed by atoms with van der Waals surface area (Å²) in [6.07, 6.45) is 0.487. The molecule has 2 aromatic rings. The molecule has 0 saturated carbocycles. The quantitative estimate of drug-likeness (QED) is 0.720. The van der Waals surface area contributed by atoms with E-state index < -0.39 is 17.7 Å². The summed E-state index contributed by atoms with van der Waals surface area (Å²) < 4.78 is 37.2. The van der Waals surface area contributed by atoms with Crippen LogP contribution in [-0.2, 0) is 11.3 Å². The van der Waals surface area contributed by atoms with Gasteiger partial charge in [-0.05, 0) is 18.6 Å². The van der Waals surface area contributed by atoms with Gasteiger partial charge in [-0.25, -0.2) is 19.6 Å². The summed E-state index contributed by atoms with van der Waals surface area (Å²) in [4.78, 5) is 12.4. The second-order valence-electron chi connectivity index (χ2n) is 6.19. The normalized spacial score (nSPS) is 19.0. The van der Waals surface area contributed by atoms with Gasteiger partial charge in [-0.3, -0.25) is 4.79 Å². The first-order valence-electron chi connectivity index (χ1n) is 8.46. The standard InChI is InChI=1S/C19H21F2N3O3/c1-26-13-5-6-14(18(8-13)27-2)16-9-17(24-23-16)19(25)22-10-11-3-4-12(20)7-15(11)21/h3-8,16-17,23-24H,9-10H2,1-2H3,(H,22,25). The Morgan fingerprint density at radius 1 is 1.15 bits per heavy atom. The molecule has 1 heterocycles. The van der Waals surface area contributed by atoms with Crippen LogP contribution in [0.3, 0.4) is 0 Å². The van der Waals surface area contributed by atoms with Crippen molar-refractivity contribution < 1.29 is 23.0 Å². The zero-order chi connectivity index (χ0) is 19.4. The number of amides is 1. The lowest BCUT2D eigenvalue weighted by Gasteiger charge is -2.15. The minimum atomic E-state index is -0.686. The highest BCUT2D eigenvalue weighted by atomic mass is 19.1. The van der Waals surface area contributed by atoms with E-state index in [1.165, 1.54) is 6.07 Å². The van der Waals surface area contributed by atoms with Crippen LogP contribution in [0.25, 0.3) is 0 Å². The second kappa shape index (κ2) is 8.32. The van der Waals surface area contributed by atoms with E-state index in [1.807, 2.05) is 12.1 Å². The second-order valence-corrected chi connectivity index (χ2v) is 6.19. The zero-order valence-electron chi connectivity index (χ0n) is 15.0. The molecular weight excluding hydrogens is 356 g/mol. The fourth-order valence-electron chi connectivity index (χ4n) is 3.01. The maximum atomic E-state index is 13.7. The predicted octanol–water partition coefficient (Wildman–Crippen LogP) is 2.21. The highest BCUT2D eigenvalue weighted by Gasteiger charge is 2.31. The Bertz CT molecular complexity index is 832. The highest BCUT2D eigenvalue weighted by molar-refractivity contribution is 5.82. The maximum absolute atomic E-state index is 13.7. The molecule has 3 N–H and O–H groups in total. The average molecular weight is 377 g/mol. The average Bonchev–Trinajstić information content (AvgIpc) is 3.16. The van der Waals surface area contributed by atoms with E-state index in [-0.39, 0.29) is 24.1 Å². The van der Waals surface area contributed by atoms with Crippen molar-refractivity contribution in [1.29, 1.82) is 0 Å². The van der Waals surface area contributed by atoms with Gasteiger partial charge in [0, 0.05) is 29.8 Å². The number of ether oxygens (including phenoxy) is 2. The molecule has 3 rings (SSSR count). The minimum absolute atomic E-state index is 0.0142. The summed E-state index contributed by atoms with van der Waals surface area (Å²) in [5, 5.41) is 2.66. The number of rotatable bonds is 6. The van der Waals surface area contributed by atoms with Gasteiger partial charge in [-0.15, -0.1) is 0 Å². The lowest BCUT2D eigenvalue weighted by Crippen LogP contribution is -2.43. The summed E-state index contributed by atoms with van der Waals surface area (Å²) in [6.45, 7) is -0.0142. The molecule has 0 aliphatic carbocycles. The highest BCUT2D eigenvalue weighted by Crippen LogP contribution is 2.33. The smallest absolute Gasteiger partial charge is 0.238 e. The Balaban J connectivity index is 1.61. The Kier molecular flexibility index (Phi) is 5.88. The van der Waals surface area contributed by atoms with Crippen molar-refractivity contribution in [3.8, 4) is 11.5 Å². The SMILES string of the molecule is COc1ccc(C2CC(C(=O)NCc3ccc(F)cc3F)NN2)c(OC)c1. The molecule has 0 bridgehead atoms. The van der Waals surface area contributed by atoms with Crippen molar-refractivity contribution in [2.45, 2.75) is 25.0 Å². The van der Waals surface area contributed by atoms with E-state index in [4.69, 9.17) is 9.47 Å². The molecule has 1 fully saturated rings. The van der Waals surface area contributed by atoms with Gasteiger partial charge < -0.3 is 14.8 Å². The van der Waals surface area contributed by atoms with Crippen LogP contribution >= 0.6 is 0 Å². The Labute approximate surface area is 155 Å². The topological polar surface area (TPSA) is 71.6 Å². The molecule has 144 valence electrons. The fourth-order valence-corrected chi connectivity index (χ4v) is 3.01. The first-order chi connectivity index (χ1) is 13.0. The number of hydrogen-bond acceptors (Lipinski definition) is 5. The molecule has 1 amide bonds. The molecule has 0 aromatic heterocycles. The van der Waals surface area contributed by atoms with Crippen LogP contribution in [0.4, 0.5) is 8.78 Å². The molecule has 2 aromatic carbocycles. The van der Waals surface area contributed by atoms with Crippen LogP contribution in [-0.4, -0.2) is 26.2 Å². The van der Waals surface area contributed by atoms with E-state index in [2.05, 4.69) is 16.2 Å². The van der Waals surface area contributed by atoms with Gasteiger partial charge >= 0.3 is 0 Å². The van der Waals surface area contributed by atoms with Crippen molar-refractivity contribution >= 4 is 5.91 Å². The van der Waals surface area contributed by atoms with Crippen molar-refractivity contribution in [1.82, 2.24) is 16.2 Å². The largest absolute Gasteiger partial charge is 0.497 e. The molecule has 1 aliphatic heterocycles. The number of hydrazine groups is 1. The van der Waals surface area contributed by atoms with Crippen molar-refractivity contribution in [3.05, 3.63) is 59.2 Å². The van der Waals surface area contributed by atoms with Gasteiger partial charge in [0.1, 0.15) is 29.2 Å². The summed E-state index contributed by atoms with van der Waals surface area (Å²) in [5.41, 5.74) is 7.14. The van der Waals surface area contributed by atoms with Crippen LogP contribution in [0, 0.1) is 11.6 Å². The lowest BCUT2D eigenvalue weighted by molar-refractivity contribution is -0.123. The summed E-state index contributed by atoms with van der Waals surface area (Å²) >= 11 is 0. The Hall–Kier alpha value is -2.71. The number of methoxy groups -OCH3 is 2. The van der Waals surface area contributed by atoms with E-state index >= 15 is 0 Å². The van der Waals surface area contributed by atoms with Crippen LogP contribution in [0.2, 0.25) is 0 Å². The van der Waals surface area contributed by atoms with Crippen LogP contribution < -0.4 is 25.6 Å². The maximum Gasteiger partial charge on any atom is 0.238 e. The number of hydrogen-bond donors (Lipinski definition) is 3. The number of carbonyl (C=O) groups excluding carboxylic acids is 1. The molecule has 1 saturated heterocycles. The molecule has 0 radical (unpaired) electrons. The third-order valence-corrected chi connectivity index (χ3v) is 4.50. The number of carbonyl (C=O) groups is 1. The molecule has 1 aliphatic rings. The Morgan fingerprint density at radius 2 is 1.96 bits per heavy atom. The number of nitrogens with one attached hydrogen (secondary N) is 3. The first-order valence-corrected chi connectivity index (χ1v) is 8.46. The molecule has 27 heavy (non-hydrogen) atoms. The minimum Gasteiger partial charge on any atom is -0.497 e. The monoisotopic (exact) mass is 377 g/mol. The van der Waals surface area contributed by atoms with Crippen molar-refractivity contribution in [2.75, 3.05) is 14.2 Å². The predicted molar refractivity (Wildman–Crippen MR) is 95.2 cm³/mol. The lowest BCUT2D eigenvalue weighted by atomic mass is 10.0. The number of benzene rings is 2. The van der Waals surface area contributed by atoms with Gasteiger partial charge in [-0.2, -0.15) is 0 Å². The van der Waals surface area contributed by atoms with Crippen molar-refractivity contribution in [2.24, 2.45) is 0 Å². The van der Waals surface area contributed by atoms with E-state index in [0.717, 1.165) is 17.7 Å². The van der Waals surface area contributed by atoms with Gasteiger partial charge in [0.25, 0.3) is 0 Å². The summed E-state index contributed by atoms with van der Waals surface area (Å²) in [7, 11) is 3.15. The molecule has 6 nitrogen and oxygen atoms in total. The molecule has 0 spiro atoms. The molecule has 2 unspecified atom stereocenters. The van der Waals surface area contributed by atoms with Gasteiger partial charge in [0.05, 0.1) is 20.3 Å². The third kappa shape index (κ3) is 4.35. The van der Waals surface area contributed by atoms with E-state index in [0.29, 0.717) is 17.9 Å². The van der Waals surface area contributed by atoms with Gasteiger partial charge in [-0.1, -0.05) is 12.1 Å². The van der Waals surface area contributed by atoms with Crippen LogP contribution in [0.5, 0.6) is 11.5 Å². The van der Waals surface area contributed by atoms with Crippen LogP contribution in [0.1, 0.15) is 23.6 Å². The number of halogens is 2. The Morgan fingerprint density at radius 3 is 2.67 bits per heavy atom. The van der Waals surface area contributed by atoms with Crippen LogP contribution in [0.15, 0.2) is 36.4 Å². The molecule has 2 atom stereocenters. The third-order valence-electron chi connectivity index (χ3n) is 4.50. The molecule has 8 heteroatoms. The first kappa shape index (κ1) is 19.1. The van der Waals surface area contributed by atoms with E-state index in [1.54, 1.807) is 20.3 Å². The van der Waals surface area contributed by atoms with Gasteiger partial charge in [0.15, 0.2) is 0 Å². The van der Waals surface area contributed by atoms with Crippen molar-refractivity contribution in [3.63, 3.8) is 0 Å².